The van der Waals surface area contributed by atoms with Gasteiger partial charge in [0.05, 0.1) is 19.3 Å². The molecule has 0 bridgehead atoms. The second-order valence-corrected chi connectivity index (χ2v) is 6.29. The van der Waals surface area contributed by atoms with Gasteiger partial charge < -0.3 is 23.8 Å². The number of ether oxygens (including phenoxy) is 4. The number of amides is 1. The highest BCUT2D eigenvalue weighted by Gasteiger charge is 2.26. The quantitative estimate of drug-likeness (QED) is 0.706. The van der Waals surface area contributed by atoms with E-state index in [9.17, 15) is 9.59 Å². The Balaban J connectivity index is 1.50. The summed E-state index contributed by atoms with van der Waals surface area (Å²) in [5.74, 6) is 0.972. The van der Waals surface area contributed by atoms with Crippen LogP contribution in [0.3, 0.4) is 0 Å². The molecule has 0 saturated carbocycles. The Morgan fingerprint density at radius 1 is 1.23 bits per heavy atom. The summed E-state index contributed by atoms with van der Waals surface area (Å²) in [5, 5.41) is 0. The second kappa shape index (κ2) is 8.37. The SMILES string of the molecule is C[C@H](C(=O)c1ccc2c(c1)OCO2)N(C)C(=O)OCCN1CCOCC1. The summed E-state index contributed by atoms with van der Waals surface area (Å²) in [5.41, 5.74) is 0.467. The third-order valence-electron chi connectivity index (χ3n) is 4.64. The first-order chi connectivity index (χ1) is 12.6. The van der Waals surface area contributed by atoms with Gasteiger partial charge in [0.25, 0.3) is 0 Å². The highest BCUT2D eigenvalue weighted by Crippen LogP contribution is 2.32. The topological polar surface area (TPSA) is 77.5 Å². The predicted octanol–water partition coefficient (Wildman–Crippen LogP) is 1.39. The van der Waals surface area contributed by atoms with Crippen LogP contribution in [0.1, 0.15) is 17.3 Å². The molecule has 0 unspecified atom stereocenters. The number of likely N-dealkylation sites (N-methyl/N-ethyl adjacent to an activating group) is 1. The molecule has 1 amide bonds. The molecular formula is C18H24N2O6. The molecule has 1 saturated heterocycles. The third-order valence-corrected chi connectivity index (χ3v) is 4.64. The number of hydrogen-bond acceptors (Lipinski definition) is 7. The minimum absolute atomic E-state index is 0.151. The van der Waals surface area contributed by atoms with E-state index in [0.29, 0.717) is 36.8 Å². The standard InChI is InChI=1S/C18H24N2O6/c1-13(17(21)14-3-4-15-16(11-14)26-12-25-15)19(2)18(22)24-10-7-20-5-8-23-9-6-20/h3-4,11,13H,5-10,12H2,1-2H3/t13-/m1/s1. The van der Waals surface area contributed by atoms with Crippen molar-refractivity contribution in [3.8, 4) is 11.5 Å². The minimum atomic E-state index is -0.647. The second-order valence-electron chi connectivity index (χ2n) is 6.29. The normalized spacial score (nSPS) is 17.6. The summed E-state index contributed by atoms with van der Waals surface area (Å²) < 4.78 is 21.1. The molecule has 8 nitrogen and oxygen atoms in total. The van der Waals surface area contributed by atoms with Gasteiger partial charge in [0.15, 0.2) is 17.3 Å². The average molecular weight is 364 g/mol. The van der Waals surface area contributed by atoms with Crippen molar-refractivity contribution in [3.63, 3.8) is 0 Å². The van der Waals surface area contributed by atoms with Crippen molar-refractivity contribution in [2.24, 2.45) is 0 Å². The molecule has 0 N–H and O–H groups in total. The van der Waals surface area contributed by atoms with Crippen LogP contribution in [0.25, 0.3) is 0 Å². The van der Waals surface area contributed by atoms with Crippen molar-refractivity contribution in [3.05, 3.63) is 23.8 Å². The number of hydrogen-bond donors (Lipinski definition) is 0. The molecule has 0 radical (unpaired) electrons. The summed E-state index contributed by atoms with van der Waals surface area (Å²) in [6, 6.07) is 4.36. The van der Waals surface area contributed by atoms with E-state index < -0.39 is 12.1 Å². The molecule has 8 heteroatoms. The Morgan fingerprint density at radius 2 is 1.96 bits per heavy atom. The van der Waals surface area contributed by atoms with Crippen LogP contribution in [0.5, 0.6) is 11.5 Å². The van der Waals surface area contributed by atoms with Crippen LogP contribution in [0, 0.1) is 0 Å². The number of morpholine rings is 1. The molecule has 1 fully saturated rings. The van der Waals surface area contributed by atoms with E-state index in [4.69, 9.17) is 18.9 Å². The summed E-state index contributed by atoms with van der Waals surface area (Å²) in [6.45, 7) is 5.86. The van der Waals surface area contributed by atoms with E-state index in [2.05, 4.69) is 4.90 Å². The first kappa shape index (κ1) is 18.5. The number of carbonyl (C=O) groups excluding carboxylic acids is 2. The highest BCUT2D eigenvalue weighted by atomic mass is 16.7. The van der Waals surface area contributed by atoms with Crippen molar-refractivity contribution in [2.45, 2.75) is 13.0 Å². The maximum Gasteiger partial charge on any atom is 0.410 e. The summed E-state index contributed by atoms with van der Waals surface area (Å²) in [7, 11) is 1.56. The van der Waals surface area contributed by atoms with Gasteiger partial charge in [-0.15, -0.1) is 0 Å². The Kier molecular flexibility index (Phi) is 5.95. The van der Waals surface area contributed by atoms with Crippen molar-refractivity contribution in [2.75, 3.05) is 53.3 Å². The van der Waals surface area contributed by atoms with Gasteiger partial charge in [-0.1, -0.05) is 0 Å². The molecule has 2 heterocycles. The molecule has 1 aromatic rings. The zero-order chi connectivity index (χ0) is 18.5. The van der Waals surface area contributed by atoms with E-state index in [0.717, 1.165) is 13.1 Å². The fraction of sp³-hybridized carbons (Fsp3) is 0.556. The molecule has 0 spiro atoms. The van der Waals surface area contributed by atoms with Crippen LogP contribution < -0.4 is 9.47 Å². The Labute approximate surface area is 152 Å². The van der Waals surface area contributed by atoms with Crippen molar-refractivity contribution in [1.29, 1.82) is 0 Å². The molecule has 26 heavy (non-hydrogen) atoms. The lowest BCUT2D eigenvalue weighted by Crippen LogP contribution is -2.42. The Bertz CT molecular complexity index is 659. The first-order valence-corrected chi connectivity index (χ1v) is 8.70. The van der Waals surface area contributed by atoms with Gasteiger partial charge in [-0.25, -0.2) is 4.79 Å². The smallest absolute Gasteiger partial charge is 0.410 e. The number of nitrogens with zero attached hydrogens (tertiary/aromatic N) is 2. The number of fused-ring (bicyclic) bond motifs is 1. The lowest BCUT2D eigenvalue weighted by atomic mass is 10.0. The average Bonchev–Trinajstić information content (AvgIpc) is 3.14. The lowest BCUT2D eigenvalue weighted by Gasteiger charge is -2.27. The fourth-order valence-corrected chi connectivity index (χ4v) is 2.81. The minimum Gasteiger partial charge on any atom is -0.454 e. The number of Topliss-reactive ketones (excluding diaryl/α,β-unsaturated/α-hetero) is 1. The van der Waals surface area contributed by atoms with Gasteiger partial charge in [0.2, 0.25) is 6.79 Å². The molecule has 0 aromatic heterocycles. The van der Waals surface area contributed by atoms with Crippen LogP contribution in [-0.2, 0) is 9.47 Å². The summed E-state index contributed by atoms with van der Waals surface area (Å²) in [6.07, 6.45) is -0.514. The maximum absolute atomic E-state index is 12.6. The largest absolute Gasteiger partial charge is 0.454 e. The van der Waals surface area contributed by atoms with E-state index in [1.165, 1.54) is 4.90 Å². The van der Waals surface area contributed by atoms with Crippen LogP contribution in [0.15, 0.2) is 18.2 Å². The van der Waals surface area contributed by atoms with E-state index in [1.54, 1.807) is 32.2 Å². The fourth-order valence-electron chi connectivity index (χ4n) is 2.81. The van der Waals surface area contributed by atoms with E-state index in [-0.39, 0.29) is 19.2 Å². The van der Waals surface area contributed by atoms with Crippen molar-refractivity contribution < 1.29 is 28.5 Å². The van der Waals surface area contributed by atoms with Gasteiger partial charge in [-0.05, 0) is 25.1 Å². The monoisotopic (exact) mass is 364 g/mol. The van der Waals surface area contributed by atoms with E-state index >= 15 is 0 Å². The van der Waals surface area contributed by atoms with Crippen LogP contribution >= 0.6 is 0 Å². The maximum atomic E-state index is 12.6. The summed E-state index contributed by atoms with van der Waals surface area (Å²) >= 11 is 0. The lowest BCUT2D eigenvalue weighted by molar-refractivity contribution is 0.0244. The van der Waals surface area contributed by atoms with Crippen LogP contribution in [0.2, 0.25) is 0 Å². The van der Waals surface area contributed by atoms with Crippen LogP contribution in [0.4, 0.5) is 4.79 Å². The third kappa shape index (κ3) is 4.25. The molecule has 2 aliphatic heterocycles. The predicted molar refractivity (Wildman–Crippen MR) is 92.7 cm³/mol. The number of carbonyl (C=O) groups is 2. The zero-order valence-electron chi connectivity index (χ0n) is 15.1. The Morgan fingerprint density at radius 3 is 2.73 bits per heavy atom. The molecule has 3 rings (SSSR count). The number of rotatable bonds is 6. The molecule has 1 aromatic carbocycles. The molecular weight excluding hydrogens is 340 g/mol. The first-order valence-electron chi connectivity index (χ1n) is 8.70. The highest BCUT2D eigenvalue weighted by molar-refractivity contribution is 6.01. The number of ketones is 1. The van der Waals surface area contributed by atoms with Gasteiger partial charge >= 0.3 is 6.09 Å². The molecule has 1 atom stereocenters. The molecule has 2 aliphatic rings. The summed E-state index contributed by atoms with van der Waals surface area (Å²) in [4.78, 5) is 28.3. The zero-order valence-corrected chi connectivity index (χ0v) is 15.1. The van der Waals surface area contributed by atoms with Gasteiger partial charge in [-0.2, -0.15) is 0 Å². The number of benzene rings is 1. The van der Waals surface area contributed by atoms with Crippen molar-refractivity contribution >= 4 is 11.9 Å². The van der Waals surface area contributed by atoms with Crippen LogP contribution in [-0.4, -0.2) is 81.0 Å². The Hall–Kier alpha value is -2.32. The van der Waals surface area contributed by atoms with Crippen molar-refractivity contribution in [1.82, 2.24) is 9.80 Å². The molecule has 0 aliphatic carbocycles. The van der Waals surface area contributed by atoms with Gasteiger partial charge in [0.1, 0.15) is 6.61 Å². The molecule has 142 valence electrons. The van der Waals surface area contributed by atoms with Gasteiger partial charge in [0, 0.05) is 32.2 Å². The van der Waals surface area contributed by atoms with E-state index in [1.807, 2.05) is 0 Å². The van der Waals surface area contributed by atoms with Gasteiger partial charge in [-0.3, -0.25) is 9.69 Å².